The molecule has 2 rings (SSSR count). The number of esters is 1. The SMILES string of the molecule is CC(=O)Oc1ccc2noc(OCCN)c2c1. The van der Waals surface area contributed by atoms with Gasteiger partial charge in [0.2, 0.25) is 0 Å². The smallest absolute Gasteiger partial charge is 0.319 e. The molecule has 90 valence electrons. The molecule has 0 amide bonds. The third-order valence-electron chi connectivity index (χ3n) is 2.03. The van der Waals surface area contributed by atoms with Gasteiger partial charge in [0.1, 0.15) is 17.9 Å². The molecule has 0 atom stereocenters. The van der Waals surface area contributed by atoms with E-state index in [1.54, 1.807) is 18.2 Å². The van der Waals surface area contributed by atoms with Crippen LogP contribution in [0.25, 0.3) is 10.9 Å². The average Bonchev–Trinajstić information content (AvgIpc) is 2.68. The molecule has 0 radical (unpaired) electrons. The minimum Gasteiger partial charge on any atom is -0.462 e. The van der Waals surface area contributed by atoms with E-state index in [4.69, 9.17) is 19.7 Å². The van der Waals surface area contributed by atoms with Gasteiger partial charge in [-0.15, -0.1) is 0 Å². The molecule has 0 bridgehead atoms. The van der Waals surface area contributed by atoms with Crippen LogP contribution in [0, 0.1) is 0 Å². The first kappa shape index (κ1) is 11.4. The zero-order valence-corrected chi connectivity index (χ0v) is 9.30. The third-order valence-corrected chi connectivity index (χ3v) is 2.03. The first-order valence-corrected chi connectivity index (χ1v) is 5.11. The summed E-state index contributed by atoms with van der Waals surface area (Å²) in [6.07, 6.45) is 0. The largest absolute Gasteiger partial charge is 0.462 e. The van der Waals surface area contributed by atoms with Gasteiger partial charge >= 0.3 is 11.9 Å². The zero-order chi connectivity index (χ0) is 12.3. The standard InChI is InChI=1S/C11H12N2O4/c1-7(14)16-8-2-3-10-9(6-8)11(17-13-10)15-5-4-12/h2-3,6H,4-5,12H2,1H3. The molecule has 1 heterocycles. The molecule has 2 aromatic rings. The van der Waals surface area contributed by atoms with Gasteiger partial charge in [-0.25, -0.2) is 0 Å². The number of benzene rings is 1. The van der Waals surface area contributed by atoms with E-state index >= 15 is 0 Å². The van der Waals surface area contributed by atoms with Crippen molar-refractivity contribution in [1.82, 2.24) is 5.16 Å². The molecular weight excluding hydrogens is 224 g/mol. The summed E-state index contributed by atoms with van der Waals surface area (Å²) < 4.78 is 15.2. The second-order valence-corrected chi connectivity index (χ2v) is 3.38. The van der Waals surface area contributed by atoms with Crippen molar-refractivity contribution < 1.29 is 18.8 Å². The molecule has 6 nitrogen and oxygen atoms in total. The average molecular weight is 236 g/mol. The second-order valence-electron chi connectivity index (χ2n) is 3.38. The van der Waals surface area contributed by atoms with Crippen molar-refractivity contribution in [2.75, 3.05) is 13.2 Å². The van der Waals surface area contributed by atoms with Crippen LogP contribution < -0.4 is 15.2 Å². The Labute approximate surface area is 97.3 Å². The van der Waals surface area contributed by atoms with Crippen molar-refractivity contribution in [2.45, 2.75) is 6.92 Å². The Morgan fingerprint density at radius 3 is 3.06 bits per heavy atom. The quantitative estimate of drug-likeness (QED) is 0.631. The van der Waals surface area contributed by atoms with Crippen LogP contribution in [0.15, 0.2) is 22.7 Å². The normalized spacial score (nSPS) is 10.5. The molecule has 0 aliphatic carbocycles. The second kappa shape index (κ2) is 4.84. The lowest BCUT2D eigenvalue weighted by Crippen LogP contribution is -2.10. The van der Waals surface area contributed by atoms with Crippen LogP contribution in [0.4, 0.5) is 0 Å². The van der Waals surface area contributed by atoms with Crippen molar-refractivity contribution in [2.24, 2.45) is 5.73 Å². The van der Waals surface area contributed by atoms with Gasteiger partial charge in [-0.1, -0.05) is 5.16 Å². The van der Waals surface area contributed by atoms with Crippen LogP contribution >= 0.6 is 0 Å². The van der Waals surface area contributed by atoms with Crippen molar-refractivity contribution in [3.63, 3.8) is 0 Å². The molecule has 0 spiro atoms. The van der Waals surface area contributed by atoms with E-state index in [9.17, 15) is 4.79 Å². The minimum absolute atomic E-state index is 0.277. The van der Waals surface area contributed by atoms with Crippen LogP contribution in [0.2, 0.25) is 0 Å². The number of aromatic nitrogens is 1. The van der Waals surface area contributed by atoms with E-state index in [2.05, 4.69) is 5.16 Å². The van der Waals surface area contributed by atoms with E-state index in [-0.39, 0.29) is 11.9 Å². The van der Waals surface area contributed by atoms with Crippen molar-refractivity contribution >= 4 is 16.9 Å². The highest BCUT2D eigenvalue weighted by molar-refractivity contribution is 5.85. The number of ether oxygens (including phenoxy) is 2. The van der Waals surface area contributed by atoms with Gasteiger partial charge in [0.05, 0.1) is 5.39 Å². The summed E-state index contributed by atoms with van der Waals surface area (Å²) in [6, 6.07) is 4.96. The maximum absolute atomic E-state index is 10.8. The fourth-order valence-corrected chi connectivity index (χ4v) is 1.38. The van der Waals surface area contributed by atoms with Gasteiger partial charge in [-0.3, -0.25) is 4.79 Å². The van der Waals surface area contributed by atoms with E-state index in [1.165, 1.54) is 6.92 Å². The summed E-state index contributed by atoms with van der Waals surface area (Å²) in [4.78, 5) is 10.8. The van der Waals surface area contributed by atoms with Crippen molar-refractivity contribution in [3.05, 3.63) is 18.2 Å². The maximum Gasteiger partial charge on any atom is 0.319 e. The predicted octanol–water partition coefficient (Wildman–Crippen LogP) is 1.09. The van der Waals surface area contributed by atoms with Crippen LogP contribution in [0.3, 0.4) is 0 Å². The molecule has 1 aromatic carbocycles. The van der Waals surface area contributed by atoms with E-state index < -0.39 is 0 Å². The van der Waals surface area contributed by atoms with Crippen LogP contribution in [-0.2, 0) is 4.79 Å². The molecule has 0 fully saturated rings. The van der Waals surface area contributed by atoms with Crippen LogP contribution in [0.5, 0.6) is 11.7 Å². The van der Waals surface area contributed by atoms with Gasteiger partial charge in [0.25, 0.3) is 0 Å². The van der Waals surface area contributed by atoms with E-state index in [0.29, 0.717) is 29.8 Å². The molecule has 0 saturated heterocycles. The summed E-state index contributed by atoms with van der Waals surface area (Å²) in [5.74, 6) is 0.315. The molecular formula is C11H12N2O4. The number of nitrogens with two attached hydrogens (primary N) is 1. The fourth-order valence-electron chi connectivity index (χ4n) is 1.38. The first-order chi connectivity index (χ1) is 8.20. The molecule has 17 heavy (non-hydrogen) atoms. The summed E-state index contributed by atoms with van der Waals surface area (Å²) in [6.45, 7) is 2.05. The number of rotatable bonds is 4. The molecule has 6 heteroatoms. The summed E-state index contributed by atoms with van der Waals surface area (Å²) in [5, 5.41) is 4.46. The minimum atomic E-state index is -0.384. The number of fused-ring (bicyclic) bond motifs is 1. The number of carbonyl (C=O) groups excluding carboxylic acids is 1. The summed E-state index contributed by atoms with van der Waals surface area (Å²) in [7, 11) is 0. The lowest BCUT2D eigenvalue weighted by molar-refractivity contribution is -0.131. The number of hydrogen-bond donors (Lipinski definition) is 1. The Kier molecular flexibility index (Phi) is 3.24. The molecule has 0 aliphatic heterocycles. The highest BCUT2D eigenvalue weighted by atomic mass is 16.6. The fraction of sp³-hybridized carbons (Fsp3) is 0.273. The Bertz CT molecular complexity index is 535. The monoisotopic (exact) mass is 236 g/mol. The first-order valence-electron chi connectivity index (χ1n) is 5.11. The Hall–Kier alpha value is -2.08. The van der Waals surface area contributed by atoms with Crippen molar-refractivity contribution in [3.8, 4) is 11.7 Å². The lowest BCUT2D eigenvalue weighted by atomic mass is 10.2. The van der Waals surface area contributed by atoms with Gasteiger partial charge < -0.3 is 19.7 Å². The molecule has 0 aliphatic rings. The highest BCUT2D eigenvalue weighted by Crippen LogP contribution is 2.28. The van der Waals surface area contributed by atoms with Crippen LogP contribution in [0.1, 0.15) is 6.92 Å². The topological polar surface area (TPSA) is 87.6 Å². The summed E-state index contributed by atoms with van der Waals surface area (Å²) >= 11 is 0. The van der Waals surface area contributed by atoms with E-state index in [1.807, 2.05) is 0 Å². The number of hydrogen-bond acceptors (Lipinski definition) is 6. The van der Waals surface area contributed by atoms with Crippen molar-refractivity contribution in [1.29, 1.82) is 0 Å². The van der Waals surface area contributed by atoms with E-state index in [0.717, 1.165) is 0 Å². The molecule has 0 saturated carbocycles. The number of carbonyl (C=O) groups is 1. The van der Waals surface area contributed by atoms with Gasteiger partial charge in [0.15, 0.2) is 0 Å². The van der Waals surface area contributed by atoms with Gasteiger partial charge in [-0.2, -0.15) is 0 Å². The van der Waals surface area contributed by atoms with Gasteiger partial charge in [0, 0.05) is 13.5 Å². The molecule has 2 N–H and O–H groups in total. The maximum atomic E-state index is 10.8. The molecule has 1 aromatic heterocycles. The Balaban J connectivity index is 2.32. The Morgan fingerprint density at radius 1 is 1.53 bits per heavy atom. The highest BCUT2D eigenvalue weighted by Gasteiger charge is 2.11. The third kappa shape index (κ3) is 2.54. The summed E-state index contributed by atoms with van der Waals surface area (Å²) in [5.41, 5.74) is 5.96. The van der Waals surface area contributed by atoms with Crippen LogP contribution in [-0.4, -0.2) is 24.3 Å². The predicted molar refractivity (Wildman–Crippen MR) is 59.9 cm³/mol. The molecule has 0 unspecified atom stereocenters. The zero-order valence-electron chi connectivity index (χ0n) is 9.30. The van der Waals surface area contributed by atoms with Gasteiger partial charge in [-0.05, 0) is 18.2 Å². The lowest BCUT2D eigenvalue weighted by Gasteiger charge is -2.01. The Morgan fingerprint density at radius 2 is 2.35 bits per heavy atom. The number of nitrogens with zero attached hydrogens (tertiary/aromatic N) is 1.